The van der Waals surface area contributed by atoms with E-state index < -0.39 is 0 Å². The molecule has 0 amide bonds. The smallest absolute Gasteiger partial charge is 0.0834 e. The maximum Gasteiger partial charge on any atom is 0.0834 e. The van der Waals surface area contributed by atoms with E-state index in [4.69, 9.17) is 17.3 Å². The van der Waals surface area contributed by atoms with Crippen molar-refractivity contribution in [2.75, 3.05) is 0 Å². The standard InChI is InChI=1S/C12H22ClN3/c1-5-6-9(4)11(14)12-10(13)7-15-16(12)8(2)3/h7-9,11H,5-6,14H2,1-4H3. The van der Waals surface area contributed by atoms with Crippen molar-refractivity contribution in [3.05, 3.63) is 16.9 Å². The molecule has 0 bridgehead atoms. The summed E-state index contributed by atoms with van der Waals surface area (Å²) in [6.07, 6.45) is 3.94. The average molecular weight is 244 g/mol. The number of nitrogens with zero attached hydrogens (tertiary/aromatic N) is 2. The van der Waals surface area contributed by atoms with Gasteiger partial charge >= 0.3 is 0 Å². The van der Waals surface area contributed by atoms with Gasteiger partial charge < -0.3 is 5.73 Å². The molecule has 1 heterocycles. The van der Waals surface area contributed by atoms with Crippen molar-refractivity contribution in [2.24, 2.45) is 11.7 Å². The molecule has 0 radical (unpaired) electrons. The third-order valence-electron chi connectivity index (χ3n) is 2.95. The summed E-state index contributed by atoms with van der Waals surface area (Å²) < 4.78 is 1.93. The fraction of sp³-hybridized carbons (Fsp3) is 0.750. The summed E-state index contributed by atoms with van der Waals surface area (Å²) >= 11 is 6.16. The third-order valence-corrected chi connectivity index (χ3v) is 3.24. The maximum atomic E-state index is 6.26. The molecular formula is C12H22ClN3. The Morgan fingerprint density at radius 3 is 2.56 bits per heavy atom. The van der Waals surface area contributed by atoms with Crippen LogP contribution in [0.5, 0.6) is 0 Å². The van der Waals surface area contributed by atoms with Crippen LogP contribution in [0.1, 0.15) is 58.3 Å². The van der Waals surface area contributed by atoms with Gasteiger partial charge in [-0.1, -0.05) is 31.9 Å². The topological polar surface area (TPSA) is 43.8 Å². The molecule has 16 heavy (non-hydrogen) atoms. The second-order valence-corrected chi connectivity index (χ2v) is 5.12. The molecule has 0 spiro atoms. The molecule has 0 aliphatic carbocycles. The van der Waals surface area contributed by atoms with Crippen LogP contribution in [0.3, 0.4) is 0 Å². The Bertz CT molecular complexity index is 333. The first-order valence-corrected chi connectivity index (χ1v) is 6.35. The van der Waals surface area contributed by atoms with Gasteiger partial charge in [0.05, 0.1) is 23.0 Å². The molecule has 92 valence electrons. The summed E-state index contributed by atoms with van der Waals surface area (Å²) in [5.41, 5.74) is 7.23. The summed E-state index contributed by atoms with van der Waals surface area (Å²) in [6, 6.07) is 0.264. The normalized spacial score (nSPS) is 15.4. The summed E-state index contributed by atoms with van der Waals surface area (Å²) in [4.78, 5) is 0. The third kappa shape index (κ3) is 2.77. The Morgan fingerprint density at radius 2 is 2.06 bits per heavy atom. The first-order valence-electron chi connectivity index (χ1n) is 5.97. The van der Waals surface area contributed by atoms with Crippen molar-refractivity contribution in [1.29, 1.82) is 0 Å². The molecule has 0 saturated carbocycles. The molecule has 1 aromatic rings. The fourth-order valence-corrected chi connectivity index (χ4v) is 2.23. The van der Waals surface area contributed by atoms with Gasteiger partial charge in [-0.2, -0.15) is 5.10 Å². The minimum Gasteiger partial charge on any atom is -0.322 e. The molecule has 0 fully saturated rings. The van der Waals surface area contributed by atoms with E-state index in [0.717, 1.165) is 18.5 Å². The van der Waals surface area contributed by atoms with Gasteiger partial charge in [-0.25, -0.2) is 0 Å². The summed E-state index contributed by atoms with van der Waals surface area (Å²) in [6.45, 7) is 8.51. The van der Waals surface area contributed by atoms with Crippen molar-refractivity contribution >= 4 is 11.6 Å². The zero-order valence-corrected chi connectivity index (χ0v) is 11.3. The van der Waals surface area contributed by atoms with Crippen molar-refractivity contribution < 1.29 is 0 Å². The van der Waals surface area contributed by atoms with E-state index in [1.165, 1.54) is 0 Å². The van der Waals surface area contributed by atoms with E-state index in [1.54, 1.807) is 6.20 Å². The van der Waals surface area contributed by atoms with E-state index in [0.29, 0.717) is 17.0 Å². The number of aromatic nitrogens is 2. The molecule has 0 saturated heterocycles. The van der Waals surface area contributed by atoms with E-state index in [1.807, 2.05) is 4.68 Å². The fourth-order valence-electron chi connectivity index (χ4n) is 1.98. The lowest BCUT2D eigenvalue weighted by Crippen LogP contribution is -2.24. The van der Waals surface area contributed by atoms with Crippen LogP contribution in [-0.2, 0) is 0 Å². The van der Waals surface area contributed by atoms with Crippen molar-refractivity contribution in [3.8, 4) is 0 Å². The molecule has 0 aliphatic rings. The molecule has 3 nitrogen and oxygen atoms in total. The van der Waals surface area contributed by atoms with Crippen LogP contribution in [0.15, 0.2) is 6.20 Å². The lowest BCUT2D eigenvalue weighted by atomic mass is 9.95. The van der Waals surface area contributed by atoms with Gasteiger partial charge in [-0.15, -0.1) is 0 Å². The molecule has 1 aromatic heterocycles. The highest BCUT2D eigenvalue weighted by Gasteiger charge is 2.22. The Kier molecular flexibility index (Phi) is 4.81. The molecule has 2 unspecified atom stereocenters. The largest absolute Gasteiger partial charge is 0.322 e. The second-order valence-electron chi connectivity index (χ2n) is 4.71. The highest BCUT2D eigenvalue weighted by Crippen LogP contribution is 2.30. The monoisotopic (exact) mass is 243 g/mol. The minimum atomic E-state index is -0.0302. The van der Waals surface area contributed by atoms with E-state index in [9.17, 15) is 0 Å². The lowest BCUT2D eigenvalue weighted by molar-refractivity contribution is 0.392. The quantitative estimate of drug-likeness (QED) is 0.860. The zero-order valence-electron chi connectivity index (χ0n) is 10.6. The predicted molar refractivity (Wildman–Crippen MR) is 68.6 cm³/mol. The molecule has 2 atom stereocenters. The van der Waals surface area contributed by atoms with Gasteiger partial charge in [0.1, 0.15) is 0 Å². The van der Waals surface area contributed by atoms with Crippen LogP contribution in [0.2, 0.25) is 5.02 Å². The van der Waals surface area contributed by atoms with Gasteiger partial charge in [0, 0.05) is 6.04 Å². The van der Waals surface area contributed by atoms with E-state index in [2.05, 4.69) is 32.8 Å². The molecule has 4 heteroatoms. The van der Waals surface area contributed by atoms with Crippen LogP contribution in [0.25, 0.3) is 0 Å². The van der Waals surface area contributed by atoms with Gasteiger partial charge in [0.2, 0.25) is 0 Å². The average Bonchev–Trinajstić information content (AvgIpc) is 2.59. The summed E-state index contributed by atoms with van der Waals surface area (Å²) in [5.74, 6) is 0.427. The Labute approximate surface area is 103 Å². The molecular weight excluding hydrogens is 222 g/mol. The minimum absolute atomic E-state index is 0.0302. The van der Waals surface area contributed by atoms with Gasteiger partial charge in [0.15, 0.2) is 0 Å². The Hall–Kier alpha value is -0.540. The molecule has 0 aromatic carbocycles. The molecule has 0 aliphatic heterocycles. The lowest BCUT2D eigenvalue weighted by Gasteiger charge is -2.22. The van der Waals surface area contributed by atoms with Gasteiger partial charge in [-0.3, -0.25) is 4.68 Å². The first kappa shape index (κ1) is 13.5. The summed E-state index contributed by atoms with van der Waals surface area (Å²) in [7, 11) is 0. The van der Waals surface area contributed by atoms with Gasteiger partial charge in [-0.05, 0) is 26.2 Å². The number of rotatable bonds is 5. The maximum absolute atomic E-state index is 6.26. The summed E-state index contributed by atoms with van der Waals surface area (Å²) in [5, 5.41) is 4.97. The second kappa shape index (κ2) is 5.69. The number of hydrogen-bond donors (Lipinski definition) is 1. The first-order chi connectivity index (χ1) is 7.49. The molecule has 1 rings (SSSR count). The van der Waals surface area contributed by atoms with Crippen molar-refractivity contribution in [2.45, 2.75) is 52.6 Å². The SMILES string of the molecule is CCCC(C)C(N)c1c(Cl)cnn1C(C)C. The predicted octanol–water partition coefficient (Wildman–Crippen LogP) is 3.55. The number of hydrogen-bond acceptors (Lipinski definition) is 2. The molecule has 2 N–H and O–H groups in total. The van der Waals surface area contributed by atoms with Crippen LogP contribution in [0.4, 0.5) is 0 Å². The van der Waals surface area contributed by atoms with E-state index >= 15 is 0 Å². The highest BCUT2D eigenvalue weighted by atomic mass is 35.5. The number of halogens is 1. The van der Waals surface area contributed by atoms with Crippen LogP contribution in [-0.4, -0.2) is 9.78 Å². The van der Waals surface area contributed by atoms with Crippen LogP contribution in [0, 0.1) is 5.92 Å². The Morgan fingerprint density at radius 1 is 1.44 bits per heavy atom. The highest BCUT2D eigenvalue weighted by molar-refractivity contribution is 6.31. The van der Waals surface area contributed by atoms with Crippen LogP contribution < -0.4 is 5.73 Å². The van der Waals surface area contributed by atoms with Crippen molar-refractivity contribution in [1.82, 2.24) is 9.78 Å². The zero-order chi connectivity index (χ0) is 12.3. The van der Waals surface area contributed by atoms with Crippen molar-refractivity contribution in [3.63, 3.8) is 0 Å². The number of nitrogens with two attached hydrogens (primary N) is 1. The van der Waals surface area contributed by atoms with E-state index in [-0.39, 0.29) is 6.04 Å². The van der Waals surface area contributed by atoms with Gasteiger partial charge in [0.25, 0.3) is 0 Å². The van der Waals surface area contributed by atoms with Crippen LogP contribution >= 0.6 is 11.6 Å². The Balaban J connectivity index is 2.97.